The molecule has 2 N–H and O–H groups in total. The van der Waals surface area contributed by atoms with E-state index in [0.717, 1.165) is 6.42 Å². The molecule has 6 heteroatoms. The largest absolute Gasteiger partial charge is 0.338 e. The van der Waals surface area contributed by atoms with E-state index < -0.39 is 15.1 Å². The van der Waals surface area contributed by atoms with E-state index in [0.29, 0.717) is 25.9 Å². The van der Waals surface area contributed by atoms with Crippen LogP contribution in [0, 0.1) is 0 Å². The van der Waals surface area contributed by atoms with Gasteiger partial charge in [-0.2, -0.15) is 0 Å². The molecule has 5 nitrogen and oxygen atoms in total. The molecule has 1 unspecified atom stereocenters. The predicted octanol–water partition coefficient (Wildman–Crippen LogP) is -0.877. The fourth-order valence-corrected chi connectivity index (χ4v) is 4.00. The average Bonchev–Trinajstić information content (AvgIpc) is 2.11. The number of hydrogen-bond donors (Lipinski definition) is 1. The van der Waals surface area contributed by atoms with Crippen LogP contribution in [0.4, 0.5) is 0 Å². The van der Waals surface area contributed by atoms with Crippen LogP contribution in [0.2, 0.25) is 0 Å². The van der Waals surface area contributed by atoms with Crippen LogP contribution in [0.3, 0.4) is 0 Å². The van der Waals surface area contributed by atoms with Crippen molar-refractivity contribution < 1.29 is 13.2 Å². The van der Waals surface area contributed by atoms with E-state index in [4.69, 9.17) is 5.73 Å². The zero-order chi connectivity index (χ0) is 11.1. The lowest BCUT2D eigenvalue weighted by Crippen LogP contribution is -2.61. The van der Waals surface area contributed by atoms with Crippen LogP contribution < -0.4 is 5.73 Å². The second-order valence-corrected chi connectivity index (χ2v) is 6.66. The Morgan fingerprint density at radius 1 is 1.27 bits per heavy atom. The molecule has 2 heterocycles. The number of amides is 1. The zero-order valence-corrected chi connectivity index (χ0v) is 9.37. The maximum Gasteiger partial charge on any atom is 0.241 e. The molecule has 0 radical (unpaired) electrons. The van der Waals surface area contributed by atoms with Crippen LogP contribution in [0.25, 0.3) is 0 Å². The SMILES string of the molecule is NC1CN(C(=O)C2CCCCS2(=O)=O)C1. The van der Waals surface area contributed by atoms with Gasteiger partial charge in [0.25, 0.3) is 0 Å². The first kappa shape index (κ1) is 10.9. The van der Waals surface area contributed by atoms with Gasteiger partial charge < -0.3 is 10.6 Å². The van der Waals surface area contributed by atoms with Crippen molar-refractivity contribution in [3.8, 4) is 0 Å². The molecule has 2 saturated heterocycles. The van der Waals surface area contributed by atoms with Crippen LogP contribution in [0.5, 0.6) is 0 Å². The molecule has 1 amide bonds. The van der Waals surface area contributed by atoms with Crippen molar-refractivity contribution in [2.45, 2.75) is 30.6 Å². The second-order valence-electron chi connectivity index (χ2n) is 4.35. The Bertz CT molecular complexity index is 360. The van der Waals surface area contributed by atoms with Gasteiger partial charge in [-0.05, 0) is 12.8 Å². The monoisotopic (exact) mass is 232 g/mol. The molecular weight excluding hydrogens is 216 g/mol. The van der Waals surface area contributed by atoms with Gasteiger partial charge in [0.2, 0.25) is 5.91 Å². The van der Waals surface area contributed by atoms with E-state index in [1.807, 2.05) is 0 Å². The first-order valence-electron chi connectivity index (χ1n) is 5.26. The van der Waals surface area contributed by atoms with Crippen LogP contribution in [-0.4, -0.2) is 49.4 Å². The molecule has 0 aromatic carbocycles. The van der Waals surface area contributed by atoms with Gasteiger partial charge in [0.15, 0.2) is 9.84 Å². The Morgan fingerprint density at radius 2 is 1.93 bits per heavy atom. The summed E-state index contributed by atoms with van der Waals surface area (Å²) in [6.07, 6.45) is 1.99. The van der Waals surface area contributed by atoms with Crippen molar-refractivity contribution in [1.29, 1.82) is 0 Å². The highest BCUT2D eigenvalue weighted by Crippen LogP contribution is 2.23. The topological polar surface area (TPSA) is 80.5 Å². The van der Waals surface area contributed by atoms with Gasteiger partial charge in [-0.25, -0.2) is 8.42 Å². The van der Waals surface area contributed by atoms with E-state index >= 15 is 0 Å². The molecule has 0 spiro atoms. The van der Waals surface area contributed by atoms with Crippen LogP contribution in [0.1, 0.15) is 19.3 Å². The number of carbonyl (C=O) groups is 1. The molecule has 0 aliphatic carbocycles. The van der Waals surface area contributed by atoms with E-state index in [-0.39, 0.29) is 17.7 Å². The lowest BCUT2D eigenvalue weighted by molar-refractivity contribution is -0.135. The molecular formula is C9H16N2O3S. The third-order valence-electron chi connectivity index (χ3n) is 3.08. The number of likely N-dealkylation sites (tertiary alicyclic amines) is 1. The summed E-state index contributed by atoms with van der Waals surface area (Å²) in [5.41, 5.74) is 5.56. The van der Waals surface area contributed by atoms with Crippen molar-refractivity contribution in [3.05, 3.63) is 0 Å². The van der Waals surface area contributed by atoms with E-state index in [1.165, 1.54) is 0 Å². The number of sulfone groups is 1. The van der Waals surface area contributed by atoms with E-state index in [1.54, 1.807) is 4.90 Å². The summed E-state index contributed by atoms with van der Waals surface area (Å²) in [4.78, 5) is 13.4. The minimum Gasteiger partial charge on any atom is -0.338 e. The summed E-state index contributed by atoms with van der Waals surface area (Å²) in [5.74, 6) is -0.0834. The number of nitrogens with two attached hydrogens (primary N) is 1. The van der Waals surface area contributed by atoms with Crippen molar-refractivity contribution in [2.24, 2.45) is 5.73 Å². The molecule has 0 saturated carbocycles. The number of rotatable bonds is 1. The Morgan fingerprint density at radius 3 is 2.47 bits per heavy atom. The maximum absolute atomic E-state index is 11.8. The molecule has 0 aromatic heterocycles. The smallest absolute Gasteiger partial charge is 0.241 e. The molecule has 2 aliphatic heterocycles. The predicted molar refractivity (Wildman–Crippen MR) is 56.0 cm³/mol. The molecule has 2 aliphatic rings. The Kier molecular flexibility index (Phi) is 2.72. The zero-order valence-electron chi connectivity index (χ0n) is 8.55. The van der Waals surface area contributed by atoms with Crippen LogP contribution >= 0.6 is 0 Å². The lowest BCUT2D eigenvalue weighted by atomic mass is 10.1. The first-order valence-corrected chi connectivity index (χ1v) is 6.98. The standard InChI is InChI=1S/C9H16N2O3S/c10-7-5-11(6-7)9(12)8-3-1-2-4-15(8,13)14/h7-8H,1-6,10H2. The molecule has 15 heavy (non-hydrogen) atoms. The maximum atomic E-state index is 11.8. The van der Waals surface area contributed by atoms with Gasteiger partial charge in [-0.15, -0.1) is 0 Å². The minimum atomic E-state index is -3.19. The molecule has 0 aromatic rings. The van der Waals surface area contributed by atoms with Gasteiger partial charge in [0.1, 0.15) is 5.25 Å². The normalized spacial score (nSPS) is 31.0. The average molecular weight is 232 g/mol. The summed E-state index contributed by atoms with van der Waals surface area (Å²) < 4.78 is 23.3. The molecule has 2 rings (SSSR count). The summed E-state index contributed by atoms with van der Waals surface area (Å²) in [5, 5.41) is -0.793. The van der Waals surface area contributed by atoms with Crippen molar-refractivity contribution in [3.63, 3.8) is 0 Å². The fourth-order valence-electron chi connectivity index (χ4n) is 2.13. The summed E-state index contributed by atoms with van der Waals surface area (Å²) in [6.45, 7) is 1.01. The number of hydrogen-bond acceptors (Lipinski definition) is 4. The van der Waals surface area contributed by atoms with Gasteiger partial charge in [-0.3, -0.25) is 4.79 Å². The van der Waals surface area contributed by atoms with Gasteiger partial charge in [-0.1, -0.05) is 6.42 Å². The van der Waals surface area contributed by atoms with Crippen molar-refractivity contribution >= 4 is 15.7 Å². The minimum absolute atomic E-state index is 0.0280. The quantitative estimate of drug-likeness (QED) is 0.637. The molecule has 0 bridgehead atoms. The van der Waals surface area contributed by atoms with Gasteiger partial charge >= 0.3 is 0 Å². The first-order chi connectivity index (χ1) is 7.00. The third kappa shape index (κ3) is 2.01. The summed E-state index contributed by atoms with van der Waals surface area (Å²) in [6, 6.07) is 0.0280. The highest BCUT2D eigenvalue weighted by Gasteiger charge is 2.40. The lowest BCUT2D eigenvalue weighted by Gasteiger charge is -2.39. The van der Waals surface area contributed by atoms with Crippen molar-refractivity contribution in [1.82, 2.24) is 4.90 Å². The summed E-state index contributed by atoms with van der Waals surface area (Å²) >= 11 is 0. The van der Waals surface area contributed by atoms with Crippen molar-refractivity contribution in [2.75, 3.05) is 18.8 Å². The highest BCUT2D eigenvalue weighted by atomic mass is 32.2. The second kappa shape index (κ2) is 3.75. The Balaban J connectivity index is 2.06. The van der Waals surface area contributed by atoms with Crippen LogP contribution in [0.15, 0.2) is 0 Å². The number of nitrogens with zero attached hydrogens (tertiary/aromatic N) is 1. The van der Waals surface area contributed by atoms with Gasteiger partial charge in [0.05, 0.1) is 5.75 Å². The number of carbonyl (C=O) groups excluding carboxylic acids is 1. The Labute approximate surface area is 89.5 Å². The molecule has 2 fully saturated rings. The van der Waals surface area contributed by atoms with Gasteiger partial charge in [0, 0.05) is 19.1 Å². The third-order valence-corrected chi connectivity index (χ3v) is 5.24. The van der Waals surface area contributed by atoms with E-state index in [2.05, 4.69) is 0 Å². The molecule has 1 atom stereocenters. The fraction of sp³-hybridized carbons (Fsp3) is 0.889. The van der Waals surface area contributed by atoms with Crippen LogP contribution in [-0.2, 0) is 14.6 Å². The van der Waals surface area contributed by atoms with E-state index in [9.17, 15) is 13.2 Å². The highest BCUT2D eigenvalue weighted by molar-refractivity contribution is 7.92. The summed E-state index contributed by atoms with van der Waals surface area (Å²) in [7, 11) is -3.19. The Hall–Kier alpha value is -0.620. The molecule has 86 valence electrons.